The number of hydrogen-bond donors (Lipinski definition) is 2. The summed E-state index contributed by atoms with van der Waals surface area (Å²) in [6.07, 6.45) is 4.74. The smallest absolute Gasteiger partial charge is 0.346 e. The molecule has 1 saturated heterocycles. The van der Waals surface area contributed by atoms with E-state index in [4.69, 9.17) is 9.47 Å². The van der Waals surface area contributed by atoms with Gasteiger partial charge < -0.3 is 19.7 Å². The Labute approximate surface area is 180 Å². The normalized spacial score (nSPS) is 29.0. The molecule has 3 aliphatic heterocycles. The fraction of sp³-hybridized carbons (Fsp3) is 0.476. The van der Waals surface area contributed by atoms with Gasteiger partial charge in [0.25, 0.3) is 0 Å². The highest BCUT2D eigenvalue weighted by Gasteiger charge is 2.65. The molecule has 3 heterocycles. The van der Waals surface area contributed by atoms with Gasteiger partial charge in [-0.1, -0.05) is 18.2 Å². The Bertz CT molecular complexity index is 907. The Kier molecular flexibility index (Phi) is 5.23. The van der Waals surface area contributed by atoms with Gasteiger partial charge >= 0.3 is 5.97 Å². The fourth-order valence-electron chi connectivity index (χ4n) is 4.33. The zero-order valence-corrected chi connectivity index (χ0v) is 18.7. The number of ether oxygens (including phenoxy) is 2. The van der Waals surface area contributed by atoms with Crippen LogP contribution in [-0.4, -0.2) is 34.5 Å². The van der Waals surface area contributed by atoms with E-state index in [1.54, 1.807) is 0 Å². The van der Waals surface area contributed by atoms with Crippen LogP contribution in [0.15, 0.2) is 32.7 Å². The lowest BCUT2D eigenvalue weighted by molar-refractivity contribution is -0.140. The quantitative estimate of drug-likeness (QED) is 0.260. The minimum absolute atomic E-state index is 0.0183. The van der Waals surface area contributed by atoms with E-state index in [0.29, 0.717) is 46.8 Å². The number of fused-ring (bicyclic) bond motifs is 1. The van der Waals surface area contributed by atoms with Gasteiger partial charge in [0, 0.05) is 23.5 Å². The molecule has 0 aliphatic carbocycles. The number of aliphatic hydroxyl groups excluding tert-OH is 1. The van der Waals surface area contributed by atoms with E-state index in [0.717, 1.165) is 22.3 Å². The Morgan fingerprint density at radius 2 is 2.14 bits per heavy atom. The monoisotopic (exact) mass is 512 g/mol. The molecule has 1 aromatic rings. The highest BCUT2D eigenvalue weighted by molar-refractivity contribution is 9.11. The molecule has 0 saturated carbocycles. The second-order valence-corrected chi connectivity index (χ2v) is 9.37. The molecule has 1 fully saturated rings. The van der Waals surface area contributed by atoms with Crippen molar-refractivity contribution in [3.63, 3.8) is 0 Å². The summed E-state index contributed by atoms with van der Waals surface area (Å²) in [5.41, 5.74) is 2.36. The van der Waals surface area contributed by atoms with E-state index in [1.807, 2.05) is 13.0 Å². The largest absolute Gasteiger partial charge is 0.506 e. The summed E-state index contributed by atoms with van der Waals surface area (Å²) in [6, 6.07) is 0. The minimum Gasteiger partial charge on any atom is -0.506 e. The van der Waals surface area contributed by atoms with E-state index in [1.165, 1.54) is 0 Å². The lowest BCUT2D eigenvalue weighted by Crippen LogP contribution is -2.31. The molecule has 1 aromatic carbocycles. The van der Waals surface area contributed by atoms with Crippen LogP contribution in [-0.2, 0) is 16.0 Å². The van der Waals surface area contributed by atoms with E-state index in [2.05, 4.69) is 38.4 Å². The van der Waals surface area contributed by atoms with Gasteiger partial charge in [0.1, 0.15) is 17.6 Å². The lowest BCUT2D eigenvalue weighted by Gasteiger charge is -2.26. The number of rotatable bonds is 2. The minimum atomic E-state index is -0.952. The average Bonchev–Trinajstić information content (AvgIpc) is 3.37. The predicted molar refractivity (Wildman–Crippen MR) is 112 cm³/mol. The maximum absolute atomic E-state index is 13.0. The van der Waals surface area contributed by atoms with E-state index < -0.39 is 5.60 Å². The van der Waals surface area contributed by atoms with Crippen LogP contribution in [0.5, 0.6) is 11.5 Å². The maximum atomic E-state index is 13.0. The number of phenols is 1. The molecule has 0 radical (unpaired) electrons. The van der Waals surface area contributed by atoms with Crippen molar-refractivity contribution < 1.29 is 24.5 Å². The van der Waals surface area contributed by atoms with Crippen LogP contribution in [0.4, 0.5) is 0 Å². The molecule has 2 N–H and O–H groups in total. The molecule has 150 valence electrons. The zero-order valence-electron chi connectivity index (χ0n) is 15.6. The van der Waals surface area contributed by atoms with E-state index in [-0.39, 0.29) is 30.3 Å². The highest BCUT2D eigenvalue weighted by atomic mass is 79.9. The molecular formula is C21H22Br2O5. The number of allylic oxidation sites excluding steroid dienone is 2. The molecule has 3 atom stereocenters. The van der Waals surface area contributed by atoms with Crippen molar-refractivity contribution in [2.24, 2.45) is 0 Å². The van der Waals surface area contributed by atoms with Crippen LogP contribution in [0, 0.1) is 0 Å². The van der Waals surface area contributed by atoms with Gasteiger partial charge in [-0.25, -0.2) is 4.79 Å². The molecular weight excluding hydrogens is 492 g/mol. The fourth-order valence-corrected chi connectivity index (χ4v) is 5.80. The molecule has 1 spiro atoms. The van der Waals surface area contributed by atoms with Crippen LogP contribution >= 0.6 is 31.9 Å². The maximum Gasteiger partial charge on any atom is 0.346 e. The summed E-state index contributed by atoms with van der Waals surface area (Å²) in [7, 11) is 0. The van der Waals surface area contributed by atoms with Gasteiger partial charge in [0.05, 0.1) is 15.6 Å². The molecule has 0 amide bonds. The van der Waals surface area contributed by atoms with Gasteiger partial charge in [0.15, 0.2) is 5.60 Å². The van der Waals surface area contributed by atoms with Gasteiger partial charge in [-0.2, -0.15) is 0 Å². The van der Waals surface area contributed by atoms with Crippen LogP contribution in [0.2, 0.25) is 0 Å². The lowest BCUT2D eigenvalue weighted by atomic mass is 9.85. The van der Waals surface area contributed by atoms with Crippen molar-refractivity contribution in [3.05, 3.63) is 43.9 Å². The third-order valence-corrected chi connectivity index (χ3v) is 7.69. The van der Waals surface area contributed by atoms with Gasteiger partial charge in [0.2, 0.25) is 0 Å². The SMILES string of the molecule is C=C(C)C1CCC(CO)=CCCC23OC2Cc2c(Br)c(O)c(Br)c1c2OC3=O. The molecule has 28 heavy (non-hydrogen) atoms. The van der Waals surface area contributed by atoms with Crippen molar-refractivity contribution in [1.82, 2.24) is 0 Å². The van der Waals surface area contributed by atoms with Crippen molar-refractivity contribution in [2.45, 2.75) is 56.7 Å². The second-order valence-electron chi connectivity index (χ2n) is 7.78. The number of epoxide rings is 1. The second kappa shape index (κ2) is 7.27. The summed E-state index contributed by atoms with van der Waals surface area (Å²) in [5.74, 6) is 0.0365. The number of carbonyl (C=O) groups excluding carboxylic acids is 1. The number of aliphatic hydroxyl groups is 1. The van der Waals surface area contributed by atoms with Crippen LogP contribution in [0.3, 0.4) is 0 Å². The zero-order chi connectivity index (χ0) is 20.2. The third-order valence-electron chi connectivity index (χ3n) is 6.03. The standard InChI is InChI=1S/C21H22Br2O5/c1-10(2)12-6-5-11(9-24)4-3-7-21-14(28-21)8-13-16(22)18(25)17(23)15(12)19(13)27-20(21)26/h4,12,14,24-25H,1,3,5-9H2,2H3. The molecule has 5 nitrogen and oxygen atoms in total. The molecule has 0 aromatic heterocycles. The summed E-state index contributed by atoms with van der Waals surface area (Å²) in [5, 5.41) is 20.5. The Morgan fingerprint density at radius 1 is 1.39 bits per heavy atom. The average molecular weight is 514 g/mol. The van der Waals surface area contributed by atoms with Crippen LogP contribution in [0.25, 0.3) is 0 Å². The summed E-state index contributed by atoms with van der Waals surface area (Å²) < 4.78 is 12.8. The molecule has 2 bridgehead atoms. The number of halogens is 2. The Balaban J connectivity index is 1.95. The number of hydrogen-bond acceptors (Lipinski definition) is 5. The number of aromatic hydroxyl groups is 1. The van der Waals surface area contributed by atoms with Crippen molar-refractivity contribution >= 4 is 37.8 Å². The Hall–Kier alpha value is -1.15. The van der Waals surface area contributed by atoms with Crippen LogP contribution < -0.4 is 4.74 Å². The van der Waals surface area contributed by atoms with Crippen molar-refractivity contribution in [2.75, 3.05) is 6.61 Å². The van der Waals surface area contributed by atoms with Crippen molar-refractivity contribution in [3.8, 4) is 11.5 Å². The number of benzene rings is 1. The molecule has 3 aliphatic rings. The van der Waals surface area contributed by atoms with Gasteiger partial charge in [-0.15, -0.1) is 0 Å². The third kappa shape index (κ3) is 3.07. The molecule has 3 unspecified atom stereocenters. The van der Waals surface area contributed by atoms with E-state index in [9.17, 15) is 15.0 Å². The first kappa shape index (κ1) is 20.1. The summed E-state index contributed by atoms with van der Waals surface area (Å²) in [6.45, 7) is 6.05. The van der Waals surface area contributed by atoms with Crippen LogP contribution in [0.1, 0.15) is 49.7 Å². The first-order valence-corrected chi connectivity index (χ1v) is 11.0. The number of esters is 1. The van der Waals surface area contributed by atoms with Gasteiger partial charge in [-0.05, 0) is 70.0 Å². The molecule has 7 heteroatoms. The Morgan fingerprint density at radius 3 is 2.82 bits per heavy atom. The number of phenolic OH excluding ortho intramolecular Hbond substituents is 1. The first-order valence-electron chi connectivity index (χ1n) is 9.37. The topological polar surface area (TPSA) is 79.3 Å². The van der Waals surface area contributed by atoms with Gasteiger partial charge in [-0.3, -0.25) is 0 Å². The summed E-state index contributed by atoms with van der Waals surface area (Å²) >= 11 is 6.99. The van der Waals surface area contributed by atoms with E-state index >= 15 is 0 Å². The predicted octanol–water partition coefficient (Wildman–Crippen LogP) is 4.67. The number of carbonyl (C=O) groups is 1. The summed E-state index contributed by atoms with van der Waals surface area (Å²) in [4.78, 5) is 13.0. The highest BCUT2D eigenvalue weighted by Crippen LogP contribution is 2.55. The van der Waals surface area contributed by atoms with Crippen molar-refractivity contribution in [1.29, 1.82) is 0 Å². The first-order chi connectivity index (χ1) is 13.3. The molecule has 4 rings (SSSR count).